The SMILES string of the molecule is COC(=O)CCCCN(CCc1ccccc1OCc1ccc(Sc2nc(C)cc(C)n2)cc1)Cc1ccc(C(=O)OC)cc1. The monoisotopic (exact) mass is 627 g/mol. The molecule has 0 amide bonds. The number of aryl methyl sites for hydroxylation is 2. The molecule has 4 rings (SSSR count). The fourth-order valence-electron chi connectivity index (χ4n) is 4.89. The smallest absolute Gasteiger partial charge is 0.337 e. The Hall–Kier alpha value is -4.21. The molecular formula is C36H41N3O5S. The maximum Gasteiger partial charge on any atom is 0.337 e. The predicted molar refractivity (Wildman–Crippen MR) is 175 cm³/mol. The highest BCUT2D eigenvalue weighted by atomic mass is 32.2. The van der Waals surface area contributed by atoms with Gasteiger partial charge in [0, 0.05) is 35.8 Å². The van der Waals surface area contributed by atoms with E-state index in [1.807, 2.05) is 50.2 Å². The van der Waals surface area contributed by atoms with Gasteiger partial charge in [-0.1, -0.05) is 42.5 Å². The van der Waals surface area contributed by atoms with Crippen LogP contribution in [0.2, 0.25) is 0 Å². The van der Waals surface area contributed by atoms with E-state index in [0.717, 1.165) is 82.8 Å². The highest BCUT2D eigenvalue weighted by Crippen LogP contribution is 2.26. The Labute approximate surface area is 270 Å². The van der Waals surface area contributed by atoms with E-state index in [9.17, 15) is 9.59 Å². The van der Waals surface area contributed by atoms with Crippen LogP contribution in [0, 0.1) is 13.8 Å². The Balaban J connectivity index is 1.36. The van der Waals surface area contributed by atoms with Crippen LogP contribution in [-0.4, -0.2) is 54.1 Å². The first-order valence-electron chi connectivity index (χ1n) is 15.1. The van der Waals surface area contributed by atoms with E-state index in [2.05, 4.69) is 45.2 Å². The van der Waals surface area contributed by atoms with Crippen molar-refractivity contribution >= 4 is 23.7 Å². The van der Waals surface area contributed by atoms with Gasteiger partial charge in [0.15, 0.2) is 5.16 Å². The number of carbonyl (C=O) groups excluding carboxylic acids is 2. The fourth-order valence-corrected chi connectivity index (χ4v) is 5.75. The quantitative estimate of drug-likeness (QED) is 0.0740. The normalized spacial score (nSPS) is 11.0. The third kappa shape index (κ3) is 11.0. The van der Waals surface area contributed by atoms with Crippen molar-refractivity contribution in [1.29, 1.82) is 0 Å². The zero-order valence-electron chi connectivity index (χ0n) is 26.5. The van der Waals surface area contributed by atoms with Gasteiger partial charge in [0.1, 0.15) is 12.4 Å². The van der Waals surface area contributed by atoms with Crippen molar-refractivity contribution in [3.63, 3.8) is 0 Å². The number of nitrogens with zero attached hydrogens (tertiary/aromatic N) is 3. The molecule has 1 heterocycles. The first kappa shape index (κ1) is 33.7. The molecule has 45 heavy (non-hydrogen) atoms. The Morgan fingerprint density at radius 1 is 0.800 bits per heavy atom. The summed E-state index contributed by atoms with van der Waals surface area (Å²) < 4.78 is 15.9. The van der Waals surface area contributed by atoms with Crippen molar-refractivity contribution in [2.24, 2.45) is 0 Å². The Morgan fingerprint density at radius 2 is 1.49 bits per heavy atom. The van der Waals surface area contributed by atoms with Gasteiger partial charge < -0.3 is 14.2 Å². The number of rotatable bonds is 16. The second-order valence-corrected chi connectivity index (χ2v) is 11.9. The number of hydrogen-bond acceptors (Lipinski definition) is 9. The van der Waals surface area contributed by atoms with Crippen LogP contribution in [0.3, 0.4) is 0 Å². The fraction of sp³-hybridized carbons (Fsp3) is 0.333. The average Bonchev–Trinajstić information content (AvgIpc) is 3.04. The number of ether oxygens (including phenoxy) is 3. The second-order valence-electron chi connectivity index (χ2n) is 10.8. The van der Waals surface area contributed by atoms with Crippen LogP contribution in [0.15, 0.2) is 88.9 Å². The van der Waals surface area contributed by atoms with Crippen LogP contribution in [0.5, 0.6) is 5.75 Å². The van der Waals surface area contributed by atoms with Crippen LogP contribution >= 0.6 is 11.8 Å². The molecule has 0 unspecified atom stereocenters. The molecule has 0 radical (unpaired) electrons. The number of unbranched alkanes of at least 4 members (excludes halogenated alkanes) is 1. The molecule has 8 nitrogen and oxygen atoms in total. The summed E-state index contributed by atoms with van der Waals surface area (Å²) in [5.74, 6) is 0.335. The van der Waals surface area contributed by atoms with E-state index in [1.54, 1.807) is 23.9 Å². The van der Waals surface area contributed by atoms with Crippen molar-refractivity contribution < 1.29 is 23.8 Å². The molecule has 0 aliphatic heterocycles. The van der Waals surface area contributed by atoms with Gasteiger partial charge in [0.25, 0.3) is 0 Å². The lowest BCUT2D eigenvalue weighted by molar-refractivity contribution is -0.140. The van der Waals surface area contributed by atoms with Crippen LogP contribution in [0.4, 0.5) is 0 Å². The molecule has 0 atom stereocenters. The maximum absolute atomic E-state index is 11.9. The Bertz CT molecular complexity index is 1520. The van der Waals surface area contributed by atoms with Gasteiger partial charge in [0.05, 0.1) is 19.8 Å². The molecule has 4 aromatic rings. The molecule has 0 saturated heterocycles. The number of para-hydroxylation sites is 1. The third-order valence-electron chi connectivity index (χ3n) is 7.27. The molecule has 0 aliphatic carbocycles. The number of aromatic nitrogens is 2. The highest BCUT2D eigenvalue weighted by molar-refractivity contribution is 7.99. The zero-order valence-corrected chi connectivity index (χ0v) is 27.3. The van der Waals surface area contributed by atoms with Crippen molar-refractivity contribution in [1.82, 2.24) is 14.9 Å². The van der Waals surface area contributed by atoms with Gasteiger partial charge in [0.2, 0.25) is 0 Å². The van der Waals surface area contributed by atoms with E-state index >= 15 is 0 Å². The van der Waals surface area contributed by atoms with E-state index in [1.165, 1.54) is 14.2 Å². The summed E-state index contributed by atoms with van der Waals surface area (Å²) in [6.45, 7) is 6.79. The summed E-state index contributed by atoms with van der Waals surface area (Å²) in [5.41, 5.74) is 5.77. The molecule has 236 valence electrons. The van der Waals surface area contributed by atoms with Crippen LogP contribution in [0.25, 0.3) is 0 Å². The molecule has 0 bridgehead atoms. The molecule has 0 aliphatic rings. The van der Waals surface area contributed by atoms with Crippen molar-refractivity contribution in [3.05, 3.63) is 113 Å². The molecule has 1 aromatic heterocycles. The van der Waals surface area contributed by atoms with E-state index in [-0.39, 0.29) is 11.9 Å². The maximum atomic E-state index is 11.9. The lowest BCUT2D eigenvalue weighted by Crippen LogP contribution is -2.27. The van der Waals surface area contributed by atoms with Gasteiger partial charge >= 0.3 is 11.9 Å². The lowest BCUT2D eigenvalue weighted by atomic mass is 10.1. The average molecular weight is 628 g/mol. The van der Waals surface area contributed by atoms with Crippen LogP contribution in [0.1, 0.15) is 57.7 Å². The minimum atomic E-state index is -0.348. The molecule has 0 fully saturated rings. The van der Waals surface area contributed by atoms with Crippen molar-refractivity contribution in [3.8, 4) is 5.75 Å². The van der Waals surface area contributed by atoms with E-state index in [0.29, 0.717) is 18.6 Å². The van der Waals surface area contributed by atoms with Gasteiger partial charge in [-0.2, -0.15) is 0 Å². The van der Waals surface area contributed by atoms with Gasteiger partial charge in [-0.25, -0.2) is 14.8 Å². The van der Waals surface area contributed by atoms with Crippen LogP contribution < -0.4 is 4.74 Å². The summed E-state index contributed by atoms with van der Waals surface area (Å²) in [5, 5.41) is 0.751. The first-order chi connectivity index (χ1) is 21.8. The third-order valence-corrected chi connectivity index (χ3v) is 8.15. The molecule has 3 aromatic carbocycles. The molecule has 0 saturated carbocycles. The molecule has 0 N–H and O–H groups in total. The molecule has 0 spiro atoms. The standard InChI is InChI=1S/C36H41N3O5S/c1-26-23-27(2)38-36(37-26)45-32-18-14-29(15-19-32)25-44-33-10-6-5-9-30(33)20-22-39(21-8-7-11-34(40)42-3)24-28-12-16-31(17-13-28)35(41)43-4/h5-6,9-10,12-19,23H,7-8,11,20-22,24-25H2,1-4H3. The largest absolute Gasteiger partial charge is 0.489 e. The summed E-state index contributed by atoms with van der Waals surface area (Å²) in [6, 6.07) is 26.0. The Morgan fingerprint density at radius 3 is 2.18 bits per heavy atom. The van der Waals surface area contributed by atoms with Gasteiger partial charge in [-0.05, 0) is 105 Å². The first-order valence-corrected chi connectivity index (χ1v) is 15.9. The minimum Gasteiger partial charge on any atom is -0.489 e. The summed E-state index contributed by atoms with van der Waals surface area (Å²) in [7, 11) is 2.80. The Kier molecular flexibility index (Phi) is 13.0. The van der Waals surface area contributed by atoms with Crippen molar-refractivity contribution in [2.45, 2.75) is 62.7 Å². The number of benzene rings is 3. The summed E-state index contributed by atoms with van der Waals surface area (Å²) in [6.07, 6.45) is 2.85. The minimum absolute atomic E-state index is 0.185. The van der Waals surface area contributed by atoms with Crippen molar-refractivity contribution in [2.75, 3.05) is 27.3 Å². The number of hydrogen-bond donors (Lipinski definition) is 0. The van der Waals surface area contributed by atoms with Gasteiger partial charge in [-0.15, -0.1) is 0 Å². The summed E-state index contributed by atoms with van der Waals surface area (Å²) in [4.78, 5) is 35.9. The zero-order chi connectivity index (χ0) is 32.0. The topological polar surface area (TPSA) is 90.9 Å². The van der Waals surface area contributed by atoms with Gasteiger partial charge in [-0.3, -0.25) is 9.69 Å². The van der Waals surface area contributed by atoms with Crippen LogP contribution in [-0.2, 0) is 33.8 Å². The predicted octanol–water partition coefficient (Wildman–Crippen LogP) is 7.00. The van der Waals surface area contributed by atoms with E-state index in [4.69, 9.17) is 14.2 Å². The van der Waals surface area contributed by atoms with E-state index < -0.39 is 0 Å². The molecular weight excluding hydrogens is 586 g/mol. The molecule has 9 heteroatoms. The highest BCUT2D eigenvalue weighted by Gasteiger charge is 2.12. The lowest BCUT2D eigenvalue weighted by Gasteiger charge is -2.23. The second kappa shape index (κ2) is 17.3. The number of carbonyl (C=O) groups is 2. The number of methoxy groups -OCH3 is 2. The summed E-state index contributed by atoms with van der Waals surface area (Å²) >= 11 is 1.55. The number of esters is 2.